The molecule has 4 nitrogen and oxygen atoms in total. The lowest BCUT2D eigenvalue weighted by molar-refractivity contribution is 0.349. The third-order valence-corrected chi connectivity index (χ3v) is 5.84. The summed E-state index contributed by atoms with van der Waals surface area (Å²) in [6.07, 6.45) is 1.74. The minimum atomic E-state index is -3.37. The minimum absolute atomic E-state index is 0. The Morgan fingerprint density at radius 3 is 2.35 bits per heavy atom. The Morgan fingerprint density at radius 2 is 1.90 bits per heavy atom. The summed E-state index contributed by atoms with van der Waals surface area (Å²) in [5, 5.41) is 0. The van der Waals surface area contributed by atoms with E-state index in [1.54, 1.807) is 16.4 Å². The molecule has 1 aromatic rings. The van der Waals surface area contributed by atoms with Gasteiger partial charge in [-0.3, -0.25) is 0 Å². The van der Waals surface area contributed by atoms with Crippen LogP contribution in [0.3, 0.4) is 0 Å². The summed E-state index contributed by atoms with van der Waals surface area (Å²) < 4.78 is 26.6. The number of nitrogens with zero attached hydrogens (tertiary/aromatic N) is 1. The number of halogens is 1. The second-order valence-electron chi connectivity index (χ2n) is 5.60. The van der Waals surface area contributed by atoms with E-state index in [1.165, 1.54) is 0 Å². The second kappa shape index (κ2) is 6.43. The maximum atomic E-state index is 12.5. The van der Waals surface area contributed by atoms with Crippen LogP contribution in [0.4, 0.5) is 0 Å². The van der Waals surface area contributed by atoms with Crippen LogP contribution in [0.25, 0.3) is 0 Å². The van der Waals surface area contributed by atoms with Crippen LogP contribution in [-0.4, -0.2) is 32.4 Å². The van der Waals surface area contributed by atoms with Crippen molar-refractivity contribution >= 4 is 22.4 Å². The van der Waals surface area contributed by atoms with Crippen molar-refractivity contribution < 1.29 is 8.42 Å². The fourth-order valence-corrected chi connectivity index (χ4v) is 3.99. The Bertz CT molecular complexity index is 545. The molecule has 1 unspecified atom stereocenters. The van der Waals surface area contributed by atoms with E-state index in [4.69, 9.17) is 5.73 Å². The van der Waals surface area contributed by atoms with Crippen LogP contribution in [0.1, 0.15) is 25.8 Å². The number of sulfonamides is 1. The Hall–Kier alpha value is -0.620. The Morgan fingerprint density at radius 1 is 1.30 bits per heavy atom. The summed E-state index contributed by atoms with van der Waals surface area (Å²) in [5.41, 5.74) is 6.79. The molecule has 0 radical (unpaired) electrons. The first-order valence-electron chi connectivity index (χ1n) is 6.70. The summed E-state index contributed by atoms with van der Waals surface area (Å²) >= 11 is 0. The van der Waals surface area contributed by atoms with E-state index in [-0.39, 0.29) is 17.8 Å². The predicted molar refractivity (Wildman–Crippen MR) is 83.6 cm³/mol. The summed E-state index contributed by atoms with van der Waals surface area (Å²) in [7, 11) is -3.37. The van der Waals surface area contributed by atoms with Crippen molar-refractivity contribution in [3.8, 4) is 0 Å². The maximum Gasteiger partial charge on any atom is 0.243 e. The minimum Gasteiger partial charge on any atom is -0.330 e. The topological polar surface area (TPSA) is 63.4 Å². The van der Waals surface area contributed by atoms with Crippen molar-refractivity contribution in [1.29, 1.82) is 0 Å². The van der Waals surface area contributed by atoms with Crippen molar-refractivity contribution in [1.82, 2.24) is 4.31 Å². The molecule has 0 aromatic heterocycles. The molecule has 1 heterocycles. The molecule has 114 valence electrons. The van der Waals surface area contributed by atoms with Gasteiger partial charge in [-0.1, -0.05) is 26.0 Å². The number of hydrogen-bond acceptors (Lipinski definition) is 3. The second-order valence-corrected chi connectivity index (χ2v) is 7.54. The highest BCUT2D eigenvalue weighted by atomic mass is 35.5. The van der Waals surface area contributed by atoms with Crippen LogP contribution in [0.15, 0.2) is 29.2 Å². The van der Waals surface area contributed by atoms with Crippen LogP contribution in [0.5, 0.6) is 0 Å². The Kier molecular flexibility index (Phi) is 5.61. The number of nitrogens with two attached hydrogens (primary N) is 1. The molecular formula is C14H23ClN2O2S. The highest BCUT2D eigenvalue weighted by Crippen LogP contribution is 2.32. The van der Waals surface area contributed by atoms with Crippen LogP contribution in [0.2, 0.25) is 0 Å². The molecular weight excluding hydrogens is 296 g/mol. The summed E-state index contributed by atoms with van der Waals surface area (Å²) in [6, 6.07) is 7.16. The smallest absolute Gasteiger partial charge is 0.243 e. The summed E-state index contributed by atoms with van der Waals surface area (Å²) in [5.74, 6) is 0. The largest absolute Gasteiger partial charge is 0.330 e. The molecule has 1 saturated heterocycles. The standard InChI is InChI=1S/C14H22N2O2S.ClH/c1-3-12-4-6-13(7-5-12)19(17,18)16-9-8-14(2,10-15)11-16;/h4-7H,3,8-11,15H2,1-2H3;1H. The average Bonchev–Trinajstić information content (AvgIpc) is 2.83. The quantitative estimate of drug-likeness (QED) is 0.924. The molecule has 0 aliphatic carbocycles. The van der Waals surface area contributed by atoms with Gasteiger partial charge in [-0.15, -0.1) is 12.4 Å². The molecule has 1 fully saturated rings. The van der Waals surface area contributed by atoms with E-state index in [1.807, 2.05) is 19.1 Å². The molecule has 1 aromatic carbocycles. The maximum absolute atomic E-state index is 12.5. The third-order valence-electron chi connectivity index (χ3n) is 3.99. The van der Waals surface area contributed by atoms with Crippen molar-refractivity contribution in [3.05, 3.63) is 29.8 Å². The van der Waals surface area contributed by atoms with E-state index in [0.717, 1.165) is 18.4 Å². The zero-order valence-electron chi connectivity index (χ0n) is 12.0. The molecule has 0 amide bonds. The highest BCUT2D eigenvalue weighted by molar-refractivity contribution is 7.89. The molecule has 1 aliphatic rings. The van der Waals surface area contributed by atoms with Crippen molar-refractivity contribution in [3.63, 3.8) is 0 Å². The van der Waals surface area contributed by atoms with Gasteiger partial charge in [-0.25, -0.2) is 8.42 Å². The van der Waals surface area contributed by atoms with Crippen LogP contribution >= 0.6 is 12.4 Å². The first kappa shape index (κ1) is 17.4. The summed E-state index contributed by atoms with van der Waals surface area (Å²) in [6.45, 7) is 5.69. The fourth-order valence-electron chi connectivity index (χ4n) is 2.40. The highest BCUT2D eigenvalue weighted by Gasteiger charge is 2.38. The molecule has 1 atom stereocenters. The predicted octanol–water partition coefficient (Wildman–Crippen LogP) is 2.03. The van der Waals surface area contributed by atoms with Gasteiger partial charge in [0.1, 0.15) is 0 Å². The number of hydrogen-bond donors (Lipinski definition) is 1. The van der Waals surface area contributed by atoms with Gasteiger partial charge in [0, 0.05) is 13.1 Å². The lowest BCUT2D eigenvalue weighted by atomic mass is 9.90. The molecule has 20 heavy (non-hydrogen) atoms. The van der Waals surface area contributed by atoms with Gasteiger partial charge in [-0.05, 0) is 42.5 Å². The van der Waals surface area contributed by atoms with Crippen LogP contribution in [-0.2, 0) is 16.4 Å². The Labute approximate surface area is 127 Å². The van der Waals surface area contributed by atoms with Gasteiger partial charge in [0.2, 0.25) is 10.0 Å². The van der Waals surface area contributed by atoms with E-state index in [9.17, 15) is 8.42 Å². The average molecular weight is 319 g/mol. The molecule has 0 bridgehead atoms. The van der Waals surface area contributed by atoms with Gasteiger partial charge in [-0.2, -0.15) is 4.31 Å². The molecule has 2 N–H and O–H groups in total. The lowest BCUT2D eigenvalue weighted by Crippen LogP contribution is -2.34. The molecule has 0 spiro atoms. The van der Waals surface area contributed by atoms with E-state index >= 15 is 0 Å². The van der Waals surface area contributed by atoms with E-state index < -0.39 is 10.0 Å². The van der Waals surface area contributed by atoms with Crippen molar-refractivity contribution in [2.24, 2.45) is 11.1 Å². The monoisotopic (exact) mass is 318 g/mol. The Balaban J connectivity index is 0.00000200. The van der Waals surface area contributed by atoms with Gasteiger partial charge in [0.05, 0.1) is 4.90 Å². The third kappa shape index (κ3) is 3.34. The molecule has 1 aliphatic heterocycles. The zero-order valence-corrected chi connectivity index (χ0v) is 13.6. The number of aryl methyl sites for hydroxylation is 1. The fraction of sp³-hybridized carbons (Fsp3) is 0.571. The first-order valence-corrected chi connectivity index (χ1v) is 8.14. The van der Waals surface area contributed by atoms with Gasteiger partial charge in [0.15, 0.2) is 0 Å². The van der Waals surface area contributed by atoms with Gasteiger partial charge in [0.25, 0.3) is 0 Å². The first-order chi connectivity index (χ1) is 8.91. The number of benzene rings is 1. The van der Waals surface area contributed by atoms with Crippen LogP contribution in [0, 0.1) is 5.41 Å². The van der Waals surface area contributed by atoms with Crippen molar-refractivity contribution in [2.45, 2.75) is 31.6 Å². The van der Waals surface area contributed by atoms with E-state index in [2.05, 4.69) is 6.92 Å². The van der Waals surface area contributed by atoms with E-state index in [0.29, 0.717) is 24.5 Å². The zero-order chi connectivity index (χ0) is 14.1. The normalized spacial score (nSPS) is 23.6. The molecule has 0 saturated carbocycles. The van der Waals surface area contributed by atoms with Crippen molar-refractivity contribution in [2.75, 3.05) is 19.6 Å². The molecule has 6 heteroatoms. The van der Waals surface area contributed by atoms with Crippen LogP contribution < -0.4 is 5.73 Å². The number of rotatable bonds is 4. The summed E-state index contributed by atoms with van der Waals surface area (Å²) in [4.78, 5) is 0.381. The SMILES string of the molecule is CCc1ccc(S(=O)(=O)N2CCC(C)(CN)C2)cc1.Cl. The van der Waals surface area contributed by atoms with Gasteiger partial charge < -0.3 is 5.73 Å². The lowest BCUT2D eigenvalue weighted by Gasteiger charge is -2.22. The van der Waals surface area contributed by atoms with Gasteiger partial charge >= 0.3 is 0 Å². The molecule has 2 rings (SSSR count).